The fraction of sp³-hybridized carbons (Fsp3) is 0.208. The van der Waals surface area contributed by atoms with Crippen molar-refractivity contribution in [2.75, 3.05) is 13.2 Å². The molecule has 0 aliphatic heterocycles. The Morgan fingerprint density at radius 1 is 1.00 bits per heavy atom. The van der Waals surface area contributed by atoms with Crippen molar-refractivity contribution in [3.63, 3.8) is 0 Å². The van der Waals surface area contributed by atoms with Crippen LogP contribution in [0.1, 0.15) is 33.9 Å². The zero-order chi connectivity index (χ0) is 19.3. The van der Waals surface area contributed by atoms with Gasteiger partial charge in [-0.1, -0.05) is 48.5 Å². The molecule has 4 heteroatoms. The van der Waals surface area contributed by atoms with Crippen molar-refractivity contribution in [1.82, 2.24) is 5.32 Å². The number of aryl methyl sites for hydroxylation is 1. The average molecular weight is 372 g/mol. The van der Waals surface area contributed by atoms with E-state index in [1.807, 2.05) is 42.5 Å². The van der Waals surface area contributed by atoms with E-state index in [2.05, 4.69) is 29.6 Å². The number of primary amides is 1. The summed E-state index contributed by atoms with van der Waals surface area (Å²) in [6, 6.07) is 24.3. The molecule has 0 aromatic heterocycles. The number of benzene rings is 3. The summed E-state index contributed by atoms with van der Waals surface area (Å²) in [6.45, 7) is 1.43. The molecule has 1 atom stereocenters. The lowest BCUT2D eigenvalue weighted by molar-refractivity contribution is 0.100. The fourth-order valence-corrected chi connectivity index (χ4v) is 3.77. The summed E-state index contributed by atoms with van der Waals surface area (Å²) in [4.78, 5) is 11.3. The molecule has 0 heterocycles. The summed E-state index contributed by atoms with van der Waals surface area (Å²) in [6.07, 6.45) is 2.30. The van der Waals surface area contributed by atoms with Crippen molar-refractivity contribution >= 4 is 5.91 Å². The van der Waals surface area contributed by atoms with Gasteiger partial charge in [-0.3, -0.25) is 4.79 Å². The van der Waals surface area contributed by atoms with Crippen LogP contribution in [0.3, 0.4) is 0 Å². The maximum Gasteiger partial charge on any atom is 0.248 e. The highest BCUT2D eigenvalue weighted by Gasteiger charge is 2.20. The minimum absolute atomic E-state index is 0.417. The highest BCUT2D eigenvalue weighted by atomic mass is 16.5. The minimum Gasteiger partial charge on any atom is -0.492 e. The zero-order valence-electron chi connectivity index (χ0n) is 15.7. The molecule has 0 saturated carbocycles. The smallest absolute Gasteiger partial charge is 0.248 e. The monoisotopic (exact) mass is 372 g/mol. The molecule has 142 valence electrons. The number of nitrogens with one attached hydrogen (secondary N) is 1. The predicted molar refractivity (Wildman–Crippen MR) is 111 cm³/mol. The van der Waals surface area contributed by atoms with Gasteiger partial charge >= 0.3 is 0 Å². The van der Waals surface area contributed by atoms with Crippen LogP contribution in [0.5, 0.6) is 5.75 Å². The molecule has 0 radical (unpaired) electrons. The largest absolute Gasteiger partial charge is 0.492 e. The molecular weight excluding hydrogens is 348 g/mol. The van der Waals surface area contributed by atoms with Gasteiger partial charge in [-0.05, 0) is 59.4 Å². The van der Waals surface area contributed by atoms with Crippen LogP contribution in [-0.2, 0) is 6.42 Å². The summed E-state index contributed by atoms with van der Waals surface area (Å²) in [5, 5.41) is 3.59. The van der Waals surface area contributed by atoms with Crippen molar-refractivity contribution in [3.05, 3.63) is 89.5 Å². The summed E-state index contributed by atoms with van der Waals surface area (Å²) in [5.74, 6) is 0.419. The quantitative estimate of drug-likeness (QED) is 0.614. The van der Waals surface area contributed by atoms with Crippen molar-refractivity contribution in [2.24, 2.45) is 5.73 Å². The molecule has 0 spiro atoms. The summed E-state index contributed by atoms with van der Waals surface area (Å²) in [5.41, 5.74) is 10.7. The van der Waals surface area contributed by atoms with E-state index < -0.39 is 5.91 Å². The van der Waals surface area contributed by atoms with E-state index in [1.165, 1.54) is 11.1 Å². The number of hydrogen-bond donors (Lipinski definition) is 2. The van der Waals surface area contributed by atoms with Gasteiger partial charge in [-0.15, -0.1) is 0 Å². The molecule has 1 amide bonds. The second-order valence-electron chi connectivity index (χ2n) is 7.06. The summed E-state index contributed by atoms with van der Waals surface area (Å²) in [7, 11) is 0. The van der Waals surface area contributed by atoms with Crippen molar-refractivity contribution in [1.29, 1.82) is 0 Å². The van der Waals surface area contributed by atoms with Crippen LogP contribution in [0.2, 0.25) is 0 Å². The summed E-state index contributed by atoms with van der Waals surface area (Å²) < 4.78 is 5.87. The molecular formula is C24H24N2O2. The highest BCUT2D eigenvalue weighted by Crippen LogP contribution is 2.30. The van der Waals surface area contributed by atoms with Crippen LogP contribution in [0.25, 0.3) is 11.1 Å². The van der Waals surface area contributed by atoms with Gasteiger partial charge in [0.1, 0.15) is 12.4 Å². The van der Waals surface area contributed by atoms with Gasteiger partial charge in [0.15, 0.2) is 0 Å². The van der Waals surface area contributed by atoms with Gasteiger partial charge in [0.2, 0.25) is 5.91 Å². The third kappa shape index (κ3) is 4.07. The number of hydrogen-bond acceptors (Lipinski definition) is 3. The molecule has 0 bridgehead atoms. The summed E-state index contributed by atoms with van der Waals surface area (Å²) >= 11 is 0. The lowest BCUT2D eigenvalue weighted by atomic mass is 10.0. The number of ether oxygens (including phenoxy) is 1. The first-order valence-corrected chi connectivity index (χ1v) is 9.65. The average Bonchev–Trinajstić information content (AvgIpc) is 3.15. The number of fused-ring (bicyclic) bond motifs is 1. The standard InChI is InChI=1S/C24H24N2O2/c25-24(27)20-6-3-5-19(16-20)17-8-11-21(12-9-17)28-15-14-26-23-13-10-18-4-1-2-7-22(18)23/h1-9,11-12,16,23,26H,10,13-15H2,(H2,25,27). The molecule has 1 unspecified atom stereocenters. The molecule has 3 N–H and O–H groups in total. The van der Waals surface area contributed by atoms with Crippen LogP contribution >= 0.6 is 0 Å². The number of carbonyl (C=O) groups excluding carboxylic acids is 1. The first-order valence-electron chi connectivity index (χ1n) is 9.65. The maximum absolute atomic E-state index is 11.3. The van der Waals surface area contributed by atoms with Crippen molar-refractivity contribution in [2.45, 2.75) is 18.9 Å². The maximum atomic E-state index is 11.3. The van der Waals surface area contributed by atoms with Crippen LogP contribution < -0.4 is 15.8 Å². The fourth-order valence-electron chi connectivity index (χ4n) is 3.77. The molecule has 0 saturated heterocycles. The third-order valence-electron chi connectivity index (χ3n) is 5.23. The Balaban J connectivity index is 1.30. The van der Waals surface area contributed by atoms with E-state index in [0.717, 1.165) is 36.3 Å². The molecule has 1 aliphatic rings. The van der Waals surface area contributed by atoms with Gasteiger partial charge in [-0.2, -0.15) is 0 Å². The Hall–Kier alpha value is -3.11. The second kappa shape index (κ2) is 8.28. The number of carbonyl (C=O) groups is 1. The lowest BCUT2D eigenvalue weighted by Crippen LogP contribution is -2.24. The van der Waals surface area contributed by atoms with E-state index in [4.69, 9.17) is 10.5 Å². The van der Waals surface area contributed by atoms with Crippen LogP contribution in [0, 0.1) is 0 Å². The Labute approximate surface area is 165 Å². The Bertz CT molecular complexity index is 966. The Kier molecular flexibility index (Phi) is 5.40. The predicted octanol–water partition coefficient (Wildman–Crippen LogP) is 4.11. The van der Waals surface area contributed by atoms with Crippen LogP contribution in [-0.4, -0.2) is 19.1 Å². The lowest BCUT2D eigenvalue weighted by Gasteiger charge is -2.14. The van der Waals surface area contributed by atoms with Crippen molar-refractivity contribution in [3.8, 4) is 16.9 Å². The molecule has 3 aromatic carbocycles. The van der Waals surface area contributed by atoms with Crippen LogP contribution in [0.15, 0.2) is 72.8 Å². The van der Waals surface area contributed by atoms with E-state index >= 15 is 0 Å². The first kappa shape index (κ1) is 18.3. The van der Waals surface area contributed by atoms with Gasteiger partial charge in [0, 0.05) is 18.2 Å². The van der Waals surface area contributed by atoms with E-state index in [9.17, 15) is 4.79 Å². The minimum atomic E-state index is -0.417. The molecule has 28 heavy (non-hydrogen) atoms. The SMILES string of the molecule is NC(=O)c1cccc(-c2ccc(OCCNC3CCc4ccccc43)cc2)c1. The first-order chi connectivity index (χ1) is 13.7. The molecule has 4 rings (SSSR count). The van der Waals surface area contributed by atoms with Crippen LogP contribution in [0.4, 0.5) is 0 Å². The molecule has 0 fully saturated rings. The third-order valence-corrected chi connectivity index (χ3v) is 5.23. The van der Waals surface area contributed by atoms with Crippen molar-refractivity contribution < 1.29 is 9.53 Å². The van der Waals surface area contributed by atoms with E-state index in [0.29, 0.717) is 18.2 Å². The van der Waals surface area contributed by atoms with E-state index in [-0.39, 0.29) is 0 Å². The van der Waals surface area contributed by atoms with E-state index in [1.54, 1.807) is 6.07 Å². The topological polar surface area (TPSA) is 64.4 Å². The number of nitrogens with two attached hydrogens (primary N) is 1. The Morgan fingerprint density at radius 3 is 2.64 bits per heavy atom. The molecule has 3 aromatic rings. The number of rotatable bonds is 7. The highest BCUT2D eigenvalue weighted by molar-refractivity contribution is 5.94. The Morgan fingerprint density at radius 2 is 1.82 bits per heavy atom. The zero-order valence-corrected chi connectivity index (χ0v) is 15.7. The second-order valence-corrected chi connectivity index (χ2v) is 7.06. The van der Waals surface area contributed by atoms with Gasteiger partial charge in [0.05, 0.1) is 0 Å². The van der Waals surface area contributed by atoms with Gasteiger partial charge in [-0.25, -0.2) is 0 Å². The van der Waals surface area contributed by atoms with Gasteiger partial charge < -0.3 is 15.8 Å². The normalized spacial score (nSPS) is 15.2. The molecule has 1 aliphatic carbocycles. The number of amides is 1. The molecule has 4 nitrogen and oxygen atoms in total. The van der Waals surface area contributed by atoms with Gasteiger partial charge in [0.25, 0.3) is 0 Å².